The Labute approximate surface area is 182 Å². The number of aliphatic hydroxyl groups is 1. The number of carbonyl (C=O) groups is 3. The average molecular weight is 478 g/mol. The predicted molar refractivity (Wildman–Crippen MR) is 106 cm³/mol. The van der Waals surface area contributed by atoms with E-state index in [4.69, 9.17) is 11.6 Å². The second-order valence-electron chi connectivity index (χ2n) is 6.60. The highest BCUT2D eigenvalue weighted by Crippen LogP contribution is 2.44. The van der Waals surface area contributed by atoms with Crippen LogP contribution in [0.3, 0.4) is 0 Å². The van der Waals surface area contributed by atoms with E-state index in [-0.39, 0.29) is 18.1 Å². The van der Waals surface area contributed by atoms with Gasteiger partial charge >= 0.3 is 5.97 Å². The lowest BCUT2D eigenvalue weighted by atomic mass is 9.89. The van der Waals surface area contributed by atoms with Gasteiger partial charge in [0.15, 0.2) is 0 Å². The first-order valence-electron chi connectivity index (χ1n) is 8.37. The van der Waals surface area contributed by atoms with Crippen molar-refractivity contribution in [1.82, 2.24) is 30.4 Å². The standard InChI is InChI=1S/C14H16ClN7O6S2/c1-21-13(17-19-20-21)30-5-14(12(26)27)3-22-10(25)8(11(22)29-4-14)16-9(24)7(18-28)6(23)2-15/h8,11,23H,2-5H2,1H3,(H,16,24)(H,26,27)/t8?,11-,14?/m1/s1. The molecule has 0 aliphatic carbocycles. The maximum atomic E-state index is 12.5. The molecular formula is C14H16ClN7O6S2. The van der Waals surface area contributed by atoms with E-state index < -0.39 is 52.0 Å². The molecule has 13 nitrogen and oxygen atoms in total. The first kappa shape index (κ1) is 22.3. The highest BCUT2D eigenvalue weighted by atomic mass is 35.5. The first-order chi connectivity index (χ1) is 14.2. The summed E-state index contributed by atoms with van der Waals surface area (Å²) in [7, 11) is 1.63. The third-order valence-electron chi connectivity index (χ3n) is 4.65. The molecule has 1 aromatic heterocycles. The highest BCUT2D eigenvalue weighted by Gasteiger charge is 2.57. The summed E-state index contributed by atoms with van der Waals surface area (Å²) in [5, 5.41) is 35.1. The van der Waals surface area contributed by atoms with Gasteiger partial charge in [-0.05, 0) is 15.6 Å². The SMILES string of the molecule is Cn1nnnc1SCC1(C(=O)O)CS[C@@H]2C(NC(=O)C(N=O)=C(O)CCl)C(=O)N2C1. The Morgan fingerprint density at radius 2 is 2.20 bits per heavy atom. The molecule has 3 heterocycles. The van der Waals surface area contributed by atoms with Gasteiger partial charge in [-0.25, -0.2) is 4.68 Å². The lowest BCUT2D eigenvalue weighted by Crippen LogP contribution is -2.74. The van der Waals surface area contributed by atoms with Crippen molar-refractivity contribution in [2.75, 3.05) is 23.9 Å². The molecule has 1 aromatic rings. The van der Waals surface area contributed by atoms with Crippen LogP contribution in [0.2, 0.25) is 0 Å². The predicted octanol–water partition coefficient (Wildman–Crippen LogP) is -0.452. The number of amides is 2. The van der Waals surface area contributed by atoms with Crippen LogP contribution in [0.15, 0.2) is 21.8 Å². The molecule has 3 rings (SSSR count). The molecular weight excluding hydrogens is 462 g/mol. The number of hydrogen-bond acceptors (Lipinski definition) is 11. The maximum absolute atomic E-state index is 12.5. The summed E-state index contributed by atoms with van der Waals surface area (Å²) < 4.78 is 1.42. The Kier molecular flexibility index (Phi) is 6.52. The van der Waals surface area contributed by atoms with E-state index in [0.717, 1.165) is 0 Å². The van der Waals surface area contributed by atoms with Gasteiger partial charge in [-0.3, -0.25) is 14.4 Å². The molecule has 16 heteroatoms. The Hall–Kier alpha value is -2.39. The van der Waals surface area contributed by atoms with Crippen LogP contribution in [0, 0.1) is 10.3 Å². The number of alkyl halides is 1. The van der Waals surface area contributed by atoms with E-state index in [1.165, 1.54) is 33.1 Å². The van der Waals surface area contributed by atoms with Crippen molar-refractivity contribution in [2.24, 2.45) is 17.6 Å². The second-order valence-corrected chi connectivity index (χ2v) is 8.91. The number of aryl methyl sites for hydroxylation is 1. The third-order valence-corrected chi connectivity index (χ3v) is 7.79. The fourth-order valence-corrected chi connectivity index (χ4v) is 5.79. The summed E-state index contributed by atoms with van der Waals surface area (Å²) in [4.78, 5) is 48.8. The molecule has 2 amide bonds. The molecule has 0 bridgehead atoms. The quantitative estimate of drug-likeness (QED) is 0.110. The summed E-state index contributed by atoms with van der Waals surface area (Å²) in [5.41, 5.74) is -2.03. The fourth-order valence-electron chi connectivity index (χ4n) is 2.95. The number of nitrogens with zero attached hydrogens (tertiary/aromatic N) is 6. The topological polar surface area (TPSA) is 180 Å². The summed E-state index contributed by atoms with van der Waals surface area (Å²) in [6, 6.07) is -0.968. The number of thioether (sulfide) groups is 2. The molecule has 2 unspecified atom stereocenters. The molecule has 0 aromatic carbocycles. The summed E-state index contributed by atoms with van der Waals surface area (Å²) >= 11 is 7.77. The van der Waals surface area contributed by atoms with Crippen LogP contribution in [0.1, 0.15) is 0 Å². The molecule has 3 N–H and O–H groups in total. The van der Waals surface area contributed by atoms with Gasteiger partial charge in [-0.2, -0.15) is 0 Å². The Bertz CT molecular complexity index is 926. The zero-order valence-corrected chi connectivity index (χ0v) is 17.8. The maximum Gasteiger partial charge on any atom is 0.313 e. The number of nitrogens with one attached hydrogen (secondary N) is 1. The summed E-state index contributed by atoms with van der Waals surface area (Å²) in [6.45, 7) is -0.0506. The number of aromatic nitrogens is 4. The average Bonchev–Trinajstić information content (AvgIpc) is 3.15. The minimum atomic E-state index is -1.23. The monoisotopic (exact) mass is 477 g/mol. The molecule has 162 valence electrons. The largest absolute Gasteiger partial charge is 0.508 e. The number of nitroso groups, excluding NO2 is 1. The van der Waals surface area contributed by atoms with Crippen LogP contribution in [-0.4, -0.2) is 88.5 Å². The molecule has 2 fully saturated rings. The third kappa shape index (κ3) is 3.96. The van der Waals surface area contributed by atoms with Crippen molar-refractivity contribution in [3.8, 4) is 0 Å². The molecule has 0 radical (unpaired) electrons. The van der Waals surface area contributed by atoms with Crippen LogP contribution in [0.25, 0.3) is 0 Å². The molecule has 30 heavy (non-hydrogen) atoms. The van der Waals surface area contributed by atoms with Crippen LogP contribution in [0.5, 0.6) is 0 Å². The smallest absolute Gasteiger partial charge is 0.313 e. The van der Waals surface area contributed by atoms with Crippen molar-refractivity contribution < 1.29 is 24.6 Å². The first-order valence-corrected chi connectivity index (χ1v) is 10.9. The Morgan fingerprint density at radius 3 is 2.77 bits per heavy atom. The van der Waals surface area contributed by atoms with Crippen LogP contribution < -0.4 is 5.32 Å². The Morgan fingerprint density at radius 1 is 1.47 bits per heavy atom. The Balaban J connectivity index is 1.68. The van der Waals surface area contributed by atoms with Gasteiger partial charge in [0.25, 0.3) is 5.91 Å². The van der Waals surface area contributed by atoms with E-state index in [9.17, 15) is 29.5 Å². The zero-order valence-electron chi connectivity index (χ0n) is 15.4. The molecule has 3 atom stereocenters. The number of carboxylic acid groups (broad SMARTS) is 1. The number of hydrogen-bond donors (Lipinski definition) is 3. The van der Waals surface area contributed by atoms with E-state index >= 15 is 0 Å². The van der Waals surface area contributed by atoms with Gasteiger partial charge in [0.1, 0.15) is 22.6 Å². The van der Waals surface area contributed by atoms with E-state index in [1.807, 2.05) is 0 Å². The zero-order chi connectivity index (χ0) is 22.1. The fraction of sp³-hybridized carbons (Fsp3) is 0.571. The number of aliphatic carboxylic acids is 1. The minimum Gasteiger partial charge on any atom is -0.508 e. The second kappa shape index (κ2) is 8.77. The molecule has 2 aliphatic heterocycles. The van der Waals surface area contributed by atoms with Gasteiger partial charge in [0.2, 0.25) is 16.8 Å². The summed E-state index contributed by atoms with van der Waals surface area (Å²) in [5.74, 6) is -3.44. The number of aliphatic hydroxyl groups excluding tert-OH is 1. The molecule has 2 saturated heterocycles. The van der Waals surface area contributed by atoms with Crippen molar-refractivity contribution in [1.29, 1.82) is 0 Å². The van der Waals surface area contributed by atoms with Gasteiger partial charge in [-0.1, -0.05) is 11.8 Å². The number of fused-ring (bicyclic) bond motifs is 1. The van der Waals surface area contributed by atoms with E-state index in [1.54, 1.807) is 7.05 Å². The van der Waals surface area contributed by atoms with Crippen molar-refractivity contribution >= 4 is 52.9 Å². The number of halogens is 1. The van der Waals surface area contributed by atoms with Gasteiger partial charge in [0, 0.05) is 25.1 Å². The molecule has 2 aliphatic rings. The molecule has 0 spiro atoms. The number of β-lactam (4-membered cyclic amide) rings is 1. The number of tetrazole rings is 1. The van der Waals surface area contributed by atoms with Crippen molar-refractivity contribution in [2.45, 2.75) is 16.6 Å². The lowest BCUT2D eigenvalue weighted by Gasteiger charge is -2.53. The number of carboxylic acids is 1. The highest BCUT2D eigenvalue weighted by molar-refractivity contribution is 8.00. The van der Waals surface area contributed by atoms with Gasteiger partial charge < -0.3 is 20.4 Å². The molecule has 0 saturated carbocycles. The van der Waals surface area contributed by atoms with Gasteiger partial charge in [-0.15, -0.1) is 33.4 Å². The van der Waals surface area contributed by atoms with Crippen LogP contribution >= 0.6 is 35.1 Å². The van der Waals surface area contributed by atoms with Crippen LogP contribution in [-0.2, 0) is 21.4 Å². The van der Waals surface area contributed by atoms with E-state index in [2.05, 4.69) is 26.0 Å². The number of carbonyl (C=O) groups excluding carboxylic acids is 2. The van der Waals surface area contributed by atoms with Crippen LogP contribution in [0.4, 0.5) is 0 Å². The number of rotatable bonds is 8. The van der Waals surface area contributed by atoms with Crippen molar-refractivity contribution in [3.63, 3.8) is 0 Å². The summed E-state index contributed by atoms with van der Waals surface area (Å²) in [6.07, 6.45) is 0. The van der Waals surface area contributed by atoms with E-state index in [0.29, 0.717) is 5.16 Å². The normalized spacial score (nSPS) is 26.3. The van der Waals surface area contributed by atoms with Gasteiger partial charge in [0.05, 0.1) is 5.88 Å². The minimum absolute atomic E-state index is 0.0506. The van der Waals surface area contributed by atoms with Crippen molar-refractivity contribution in [3.05, 3.63) is 16.4 Å². The number of allylic oxidation sites excluding steroid dienone is 1. The lowest BCUT2D eigenvalue weighted by molar-refractivity contribution is -0.157.